The molecule has 6 heteroatoms. The number of para-hydroxylation sites is 2. The van der Waals surface area contributed by atoms with E-state index in [-0.39, 0.29) is 24.2 Å². The van der Waals surface area contributed by atoms with Gasteiger partial charge in [-0.05, 0) is 60.0 Å². The van der Waals surface area contributed by atoms with E-state index >= 15 is 0 Å². The van der Waals surface area contributed by atoms with Crippen molar-refractivity contribution in [1.82, 2.24) is 9.47 Å². The van der Waals surface area contributed by atoms with Crippen LogP contribution in [0.1, 0.15) is 42.6 Å². The summed E-state index contributed by atoms with van der Waals surface area (Å²) in [6, 6.07) is 27.1. The number of hydrogen-bond acceptors (Lipinski definition) is 2. The van der Waals surface area contributed by atoms with Crippen LogP contribution in [0.2, 0.25) is 0 Å². The molecule has 0 aliphatic carbocycles. The molecular formula is C32H30FN3O2. The minimum absolute atomic E-state index is 0.0648. The van der Waals surface area contributed by atoms with Gasteiger partial charge in [0.05, 0.1) is 17.1 Å². The first kappa shape index (κ1) is 25.2. The molecule has 5 rings (SSSR count). The molecule has 2 amide bonds. The Balaban J connectivity index is 1.50. The minimum Gasteiger partial charge on any atom is -0.330 e. The number of amides is 2. The highest BCUT2D eigenvalue weighted by molar-refractivity contribution is 6.02. The lowest BCUT2D eigenvalue weighted by molar-refractivity contribution is -0.131. The normalized spacial score (nSPS) is 14.3. The first-order valence-corrected chi connectivity index (χ1v) is 12.9. The number of fused-ring (bicyclic) bond motifs is 3. The molecule has 38 heavy (non-hydrogen) atoms. The van der Waals surface area contributed by atoms with Crippen LogP contribution in [-0.2, 0) is 9.59 Å². The van der Waals surface area contributed by atoms with E-state index in [0.717, 1.165) is 41.0 Å². The van der Waals surface area contributed by atoms with Crippen molar-refractivity contribution in [3.63, 3.8) is 0 Å². The number of carbonyl (C=O) groups excluding carboxylic acids is 2. The molecule has 5 nitrogen and oxygen atoms in total. The molecule has 3 aromatic carbocycles. The Hall–Kier alpha value is -4.45. The standard InChI is InChI=1S/C32H30FN3O2/c1-2-3-21-34(30(37)20-15-24-10-5-4-6-11-24)23-31(38)36-28-13-8-7-12-27(28)35-22-9-14-29(35)32(36)25-16-18-26(33)19-17-25/h4-20,22,32H,2-3,21,23H2,1H3/b20-15+. The fourth-order valence-corrected chi connectivity index (χ4v) is 4.92. The molecule has 0 radical (unpaired) electrons. The van der Waals surface area contributed by atoms with Gasteiger partial charge in [-0.15, -0.1) is 0 Å². The molecule has 1 atom stereocenters. The Bertz CT molecular complexity index is 1440. The Morgan fingerprint density at radius 1 is 0.895 bits per heavy atom. The van der Waals surface area contributed by atoms with Crippen molar-refractivity contribution in [3.8, 4) is 5.69 Å². The summed E-state index contributed by atoms with van der Waals surface area (Å²) >= 11 is 0. The van der Waals surface area contributed by atoms with E-state index in [4.69, 9.17) is 0 Å². The van der Waals surface area contributed by atoms with Crippen molar-refractivity contribution < 1.29 is 14.0 Å². The van der Waals surface area contributed by atoms with E-state index in [9.17, 15) is 14.0 Å². The summed E-state index contributed by atoms with van der Waals surface area (Å²) in [6.45, 7) is 2.47. The van der Waals surface area contributed by atoms with Gasteiger partial charge in [-0.2, -0.15) is 0 Å². The van der Waals surface area contributed by atoms with Crippen LogP contribution in [-0.4, -0.2) is 34.4 Å². The smallest absolute Gasteiger partial charge is 0.247 e. The molecule has 1 unspecified atom stereocenters. The number of aromatic nitrogens is 1. The van der Waals surface area contributed by atoms with Gasteiger partial charge in [0, 0.05) is 18.8 Å². The summed E-state index contributed by atoms with van der Waals surface area (Å²) in [6.07, 6.45) is 6.97. The monoisotopic (exact) mass is 507 g/mol. The lowest BCUT2D eigenvalue weighted by Gasteiger charge is -2.39. The van der Waals surface area contributed by atoms with Gasteiger partial charge in [-0.3, -0.25) is 14.5 Å². The van der Waals surface area contributed by atoms with Crippen LogP contribution in [0, 0.1) is 5.82 Å². The van der Waals surface area contributed by atoms with E-state index in [1.807, 2.05) is 72.9 Å². The summed E-state index contributed by atoms with van der Waals surface area (Å²) < 4.78 is 15.9. The van der Waals surface area contributed by atoms with Crippen LogP contribution < -0.4 is 4.90 Å². The number of halogens is 1. The number of anilines is 1. The van der Waals surface area contributed by atoms with Crippen molar-refractivity contribution in [2.45, 2.75) is 25.8 Å². The number of hydrogen-bond donors (Lipinski definition) is 0. The summed E-state index contributed by atoms with van der Waals surface area (Å²) in [4.78, 5) is 30.7. The molecule has 1 aromatic heterocycles. The van der Waals surface area contributed by atoms with Crippen molar-refractivity contribution in [1.29, 1.82) is 0 Å². The average Bonchev–Trinajstić information content (AvgIpc) is 3.44. The second kappa shape index (κ2) is 11.3. The van der Waals surface area contributed by atoms with Crippen molar-refractivity contribution >= 4 is 23.6 Å². The number of nitrogens with zero attached hydrogens (tertiary/aromatic N) is 3. The topological polar surface area (TPSA) is 45.6 Å². The largest absolute Gasteiger partial charge is 0.330 e. The zero-order valence-corrected chi connectivity index (χ0v) is 21.3. The molecular weight excluding hydrogens is 477 g/mol. The van der Waals surface area contributed by atoms with Gasteiger partial charge in [0.2, 0.25) is 11.8 Å². The van der Waals surface area contributed by atoms with Gasteiger partial charge in [-0.1, -0.05) is 67.9 Å². The fraction of sp³-hybridized carbons (Fsp3) is 0.188. The van der Waals surface area contributed by atoms with Crippen LogP contribution >= 0.6 is 0 Å². The van der Waals surface area contributed by atoms with E-state index in [0.29, 0.717) is 6.54 Å². The van der Waals surface area contributed by atoms with Crippen LogP contribution in [0.4, 0.5) is 10.1 Å². The lowest BCUT2D eigenvalue weighted by atomic mass is 9.97. The quantitative estimate of drug-likeness (QED) is 0.259. The van der Waals surface area contributed by atoms with Crippen molar-refractivity contribution in [2.75, 3.05) is 18.0 Å². The third-order valence-electron chi connectivity index (χ3n) is 6.81. The minimum atomic E-state index is -0.462. The third kappa shape index (κ3) is 5.16. The second-order valence-electron chi connectivity index (χ2n) is 9.37. The highest BCUT2D eigenvalue weighted by Gasteiger charge is 2.36. The molecule has 0 fully saturated rings. The molecule has 0 bridgehead atoms. The number of unbranched alkanes of at least 4 members (excludes halogenated alkanes) is 1. The number of benzene rings is 3. The SMILES string of the molecule is CCCCN(CC(=O)N1c2ccccc2-n2cccc2C1c1ccc(F)cc1)C(=O)/C=C/c1ccccc1. The van der Waals surface area contributed by atoms with E-state index in [1.54, 1.807) is 28.0 Å². The molecule has 0 saturated carbocycles. The Morgan fingerprint density at radius 3 is 2.34 bits per heavy atom. The van der Waals surface area contributed by atoms with Crippen LogP contribution in [0.25, 0.3) is 11.8 Å². The summed E-state index contributed by atoms with van der Waals surface area (Å²) in [5, 5.41) is 0. The first-order valence-electron chi connectivity index (χ1n) is 12.9. The lowest BCUT2D eigenvalue weighted by Crippen LogP contribution is -2.46. The fourth-order valence-electron chi connectivity index (χ4n) is 4.92. The zero-order chi connectivity index (χ0) is 26.5. The summed E-state index contributed by atoms with van der Waals surface area (Å²) in [5.74, 6) is -0.737. The molecule has 0 N–H and O–H groups in total. The predicted octanol–water partition coefficient (Wildman–Crippen LogP) is 6.39. The van der Waals surface area contributed by atoms with E-state index in [2.05, 4.69) is 11.5 Å². The Labute approximate surface area is 222 Å². The van der Waals surface area contributed by atoms with Crippen molar-refractivity contribution in [2.24, 2.45) is 0 Å². The zero-order valence-electron chi connectivity index (χ0n) is 21.3. The van der Waals surface area contributed by atoms with Gasteiger partial charge in [-0.25, -0.2) is 4.39 Å². The van der Waals surface area contributed by atoms with E-state index in [1.165, 1.54) is 18.2 Å². The highest BCUT2D eigenvalue weighted by atomic mass is 19.1. The highest BCUT2D eigenvalue weighted by Crippen LogP contribution is 2.42. The summed E-state index contributed by atoms with van der Waals surface area (Å²) in [5.41, 5.74) is 4.25. The van der Waals surface area contributed by atoms with Gasteiger partial charge >= 0.3 is 0 Å². The van der Waals surface area contributed by atoms with Crippen LogP contribution in [0.15, 0.2) is 103 Å². The molecule has 1 aliphatic rings. The number of carbonyl (C=O) groups is 2. The van der Waals surface area contributed by atoms with Gasteiger partial charge in [0.25, 0.3) is 0 Å². The molecule has 1 aliphatic heterocycles. The van der Waals surface area contributed by atoms with Gasteiger partial charge in [0.1, 0.15) is 18.4 Å². The number of rotatable bonds is 8. The maximum Gasteiger partial charge on any atom is 0.247 e. The van der Waals surface area contributed by atoms with Crippen LogP contribution in [0.5, 0.6) is 0 Å². The summed E-state index contributed by atoms with van der Waals surface area (Å²) in [7, 11) is 0. The second-order valence-corrected chi connectivity index (χ2v) is 9.37. The van der Waals surface area contributed by atoms with Crippen LogP contribution in [0.3, 0.4) is 0 Å². The molecule has 0 saturated heterocycles. The molecule has 2 heterocycles. The van der Waals surface area contributed by atoms with Gasteiger partial charge < -0.3 is 9.47 Å². The molecule has 4 aromatic rings. The Kier molecular flexibility index (Phi) is 7.50. The van der Waals surface area contributed by atoms with Crippen molar-refractivity contribution in [3.05, 3.63) is 126 Å². The predicted molar refractivity (Wildman–Crippen MR) is 148 cm³/mol. The van der Waals surface area contributed by atoms with E-state index < -0.39 is 6.04 Å². The van der Waals surface area contributed by atoms with Gasteiger partial charge in [0.15, 0.2) is 0 Å². The maximum absolute atomic E-state index is 14.1. The average molecular weight is 508 g/mol. The maximum atomic E-state index is 14.1. The molecule has 0 spiro atoms. The molecule has 192 valence electrons. The third-order valence-corrected chi connectivity index (χ3v) is 6.81. The Morgan fingerprint density at radius 2 is 1.61 bits per heavy atom. The first-order chi connectivity index (χ1) is 18.6.